The number of hydrogen-bond acceptors (Lipinski definition) is 3. The van der Waals surface area contributed by atoms with Gasteiger partial charge in [0.25, 0.3) is 0 Å². The van der Waals surface area contributed by atoms with Crippen molar-refractivity contribution < 1.29 is 18.9 Å². The molecule has 0 aromatic carbocycles. The molecule has 1 N–H and O–H groups in total. The predicted octanol–water partition coefficient (Wildman–Crippen LogP) is 3.05. The first-order valence-electron chi connectivity index (χ1n) is 13.2. The number of esters is 1. The Hall–Kier alpha value is -1.12. The van der Waals surface area contributed by atoms with Gasteiger partial charge in [0.2, 0.25) is 0 Å². The quantitative estimate of drug-likeness (QED) is 0.402. The van der Waals surface area contributed by atoms with Crippen molar-refractivity contribution in [1.82, 2.24) is 0 Å². The Morgan fingerprint density at radius 3 is 2.41 bits per heavy atom. The molecule has 0 bridgehead atoms. The van der Waals surface area contributed by atoms with Crippen LogP contribution in [0, 0.1) is 45.8 Å². The summed E-state index contributed by atoms with van der Waals surface area (Å²) in [5.41, 5.74) is 0.819. The number of nitrogens with one attached hydrogen (secondary N) is 1. The normalized spacial score (nSPS) is 44.5. The lowest BCUT2D eigenvalue weighted by Crippen LogP contribution is -3.14. The van der Waals surface area contributed by atoms with E-state index in [0.717, 1.165) is 30.6 Å². The number of quaternary nitrogens is 2. The van der Waals surface area contributed by atoms with E-state index >= 15 is 0 Å². The predicted molar refractivity (Wildman–Crippen MR) is 126 cm³/mol. The summed E-state index contributed by atoms with van der Waals surface area (Å²) in [6, 6.07) is 3.06. The first-order valence-corrected chi connectivity index (χ1v) is 13.2. The molecule has 32 heavy (non-hydrogen) atoms. The van der Waals surface area contributed by atoms with Crippen LogP contribution in [0.4, 0.5) is 0 Å². The van der Waals surface area contributed by atoms with Crippen molar-refractivity contribution >= 4 is 5.97 Å². The van der Waals surface area contributed by atoms with E-state index in [1.54, 1.807) is 0 Å². The minimum Gasteiger partial charge on any atom is -0.458 e. The molecule has 180 valence electrons. The lowest BCUT2D eigenvalue weighted by molar-refractivity contribution is -0.906. The molecule has 4 aliphatic rings. The Morgan fingerprint density at radius 1 is 1.03 bits per heavy atom. The van der Waals surface area contributed by atoms with Gasteiger partial charge in [0, 0.05) is 11.8 Å². The summed E-state index contributed by atoms with van der Waals surface area (Å²) in [4.78, 5) is 13.9. The molecule has 4 fully saturated rings. The van der Waals surface area contributed by atoms with E-state index in [4.69, 9.17) is 4.74 Å². The minimum absolute atomic E-state index is 0.0331. The molecular formula is C27H47N3O2+2. The molecule has 0 saturated heterocycles. The molecule has 0 aromatic heterocycles. The molecule has 5 nitrogen and oxygen atoms in total. The van der Waals surface area contributed by atoms with E-state index in [0.29, 0.717) is 40.4 Å². The third-order valence-corrected chi connectivity index (χ3v) is 10.5. The van der Waals surface area contributed by atoms with Crippen LogP contribution in [0.5, 0.6) is 0 Å². The second-order valence-corrected chi connectivity index (χ2v) is 13.3. The van der Waals surface area contributed by atoms with Crippen LogP contribution in [0.1, 0.15) is 71.6 Å². The number of likely N-dealkylation sites (N-methyl/N-ethyl adjacent to an activating group) is 1. The highest BCUT2D eigenvalue weighted by Crippen LogP contribution is 2.66. The Kier molecular flexibility index (Phi) is 6.44. The van der Waals surface area contributed by atoms with Gasteiger partial charge in [-0.3, -0.25) is 0 Å². The molecule has 0 aliphatic heterocycles. The summed E-state index contributed by atoms with van der Waals surface area (Å²) in [7, 11) is 8.38. The molecule has 0 spiro atoms. The van der Waals surface area contributed by atoms with Gasteiger partial charge in [-0.05, 0) is 80.5 Å². The zero-order valence-corrected chi connectivity index (χ0v) is 21.5. The van der Waals surface area contributed by atoms with Crippen LogP contribution in [0.3, 0.4) is 0 Å². The number of carbonyl (C=O) groups is 1. The van der Waals surface area contributed by atoms with Crippen molar-refractivity contribution in [3.8, 4) is 6.07 Å². The third kappa shape index (κ3) is 4.23. The number of hydrogen-bond donors (Lipinski definition) is 1. The van der Waals surface area contributed by atoms with E-state index in [9.17, 15) is 10.1 Å². The molecule has 4 aliphatic carbocycles. The topological polar surface area (TPSA) is 54.5 Å². The molecule has 0 heterocycles. The van der Waals surface area contributed by atoms with Gasteiger partial charge in [-0.15, -0.1) is 0 Å². The summed E-state index contributed by atoms with van der Waals surface area (Å²) in [5, 5.41) is 9.26. The second kappa shape index (κ2) is 8.58. The second-order valence-electron chi connectivity index (χ2n) is 13.3. The van der Waals surface area contributed by atoms with Crippen LogP contribution >= 0.6 is 0 Å². The Bertz CT molecular complexity index is 755. The van der Waals surface area contributed by atoms with Crippen LogP contribution in [0.2, 0.25) is 0 Å². The fourth-order valence-corrected chi connectivity index (χ4v) is 8.99. The zero-order chi connectivity index (χ0) is 23.3. The van der Waals surface area contributed by atoms with Crippen molar-refractivity contribution in [2.75, 3.05) is 41.3 Å². The lowest BCUT2D eigenvalue weighted by Gasteiger charge is -2.60. The molecule has 5 heteroatoms. The average molecular weight is 446 g/mol. The molecule has 0 aromatic rings. The monoisotopic (exact) mass is 445 g/mol. The Morgan fingerprint density at radius 2 is 1.72 bits per heavy atom. The maximum Gasteiger partial charge on any atom is 0.362 e. The summed E-state index contributed by atoms with van der Waals surface area (Å²) >= 11 is 0. The summed E-state index contributed by atoms with van der Waals surface area (Å²) in [5.74, 6) is 3.18. The molecule has 0 amide bonds. The number of fused-ring (bicyclic) bond motifs is 5. The number of carbonyl (C=O) groups excluding carboxylic acids is 1. The van der Waals surface area contributed by atoms with Gasteiger partial charge in [-0.25, -0.2) is 4.79 Å². The highest BCUT2D eigenvalue weighted by atomic mass is 16.5. The van der Waals surface area contributed by atoms with Gasteiger partial charge in [0.15, 0.2) is 13.1 Å². The SMILES string of the molecule is C[NH+](CC#N)[C@H]1CC[C@H]2[C@@H]3CC[C@H]4C[C@@H](OC(=O)C[N+](C)(C)C)CC[C@@]4(C)[C@@H]3CC[C@]12C. The van der Waals surface area contributed by atoms with Gasteiger partial charge in [0.1, 0.15) is 12.2 Å². The highest BCUT2D eigenvalue weighted by molar-refractivity contribution is 5.70. The molecule has 4 saturated carbocycles. The van der Waals surface area contributed by atoms with Crippen LogP contribution in [0.25, 0.3) is 0 Å². The highest BCUT2D eigenvalue weighted by Gasteiger charge is 2.62. The third-order valence-electron chi connectivity index (χ3n) is 10.5. The lowest BCUT2D eigenvalue weighted by atomic mass is 9.45. The van der Waals surface area contributed by atoms with Gasteiger partial charge in [-0.2, -0.15) is 5.26 Å². The molecular weight excluding hydrogens is 398 g/mol. The standard InChI is InChI=1S/C27H46N3O2/c1-26-13-11-20(32-25(31)18-30(4,5)6)17-19(26)7-8-21-22-9-10-24(29(3)16-15-28)27(22,2)14-12-23(21)26/h19-24H,7-14,16-18H2,1-6H3/q+1/p+1/t19-,20-,21-,22-,23+,24-,26+,27-/m0/s1. The number of nitriles is 1. The minimum atomic E-state index is -0.0331. The van der Waals surface area contributed by atoms with Crippen molar-refractivity contribution in [2.45, 2.75) is 83.8 Å². The molecule has 1 unspecified atom stereocenters. The van der Waals surface area contributed by atoms with Gasteiger partial charge in [0.05, 0.1) is 34.2 Å². The zero-order valence-electron chi connectivity index (χ0n) is 21.5. The average Bonchev–Trinajstić information content (AvgIpc) is 3.04. The summed E-state index contributed by atoms with van der Waals surface area (Å²) in [6.07, 6.45) is 11.4. The van der Waals surface area contributed by atoms with Crippen LogP contribution in [0.15, 0.2) is 0 Å². The molecule has 9 atom stereocenters. The summed E-state index contributed by atoms with van der Waals surface area (Å²) in [6.45, 7) is 6.23. The van der Waals surface area contributed by atoms with E-state index in [-0.39, 0.29) is 12.1 Å². The van der Waals surface area contributed by atoms with E-state index < -0.39 is 0 Å². The van der Waals surface area contributed by atoms with Gasteiger partial charge >= 0.3 is 5.97 Å². The number of nitrogens with zero attached hydrogens (tertiary/aromatic N) is 2. The van der Waals surface area contributed by atoms with Crippen molar-refractivity contribution in [3.05, 3.63) is 0 Å². The first kappa shape index (κ1) is 24.0. The fraction of sp³-hybridized carbons (Fsp3) is 0.926. The summed E-state index contributed by atoms with van der Waals surface area (Å²) < 4.78 is 6.59. The van der Waals surface area contributed by atoms with Crippen molar-refractivity contribution in [2.24, 2.45) is 34.5 Å². The number of rotatable bonds is 5. The van der Waals surface area contributed by atoms with E-state index in [1.165, 1.54) is 49.8 Å². The number of ether oxygens (including phenoxy) is 1. The van der Waals surface area contributed by atoms with Gasteiger partial charge < -0.3 is 14.1 Å². The Labute approximate surface area is 196 Å². The maximum absolute atomic E-state index is 12.4. The smallest absolute Gasteiger partial charge is 0.362 e. The Balaban J connectivity index is 1.43. The van der Waals surface area contributed by atoms with E-state index in [1.807, 2.05) is 21.1 Å². The maximum atomic E-state index is 12.4. The van der Waals surface area contributed by atoms with Crippen LogP contribution < -0.4 is 4.90 Å². The van der Waals surface area contributed by atoms with Gasteiger partial charge in [-0.1, -0.05) is 13.8 Å². The van der Waals surface area contributed by atoms with Crippen molar-refractivity contribution in [1.29, 1.82) is 5.26 Å². The molecule has 0 radical (unpaired) electrons. The molecule has 4 rings (SSSR count). The van der Waals surface area contributed by atoms with Crippen LogP contribution in [-0.4, -0.2) is 63.9 Å². The fourth-order valence-electron chi connectivity index (χ4n) is 8.99. The largest absolute Gasteiger partial charge is 0.458 e. The van der Waals surface area contributed by atoms with Crippen molar-refractivity contribution in [3.63, 3.8) is 0 Å². The first-order chi connectivity index (χ1) is 15.0. The van der Waals surface area contributed by atoms with E-state index in [2.05, 4.69) is 27.0 Å². The van der Waals surface area contributed by atoms with Crippen LogP contribution in [-0.2, 0) is 9.53 Å².